The van der Waals surface area contributed by atoms with Crippen LogP contribution in [-0.4, -0.2) is 51.9 Å². The van der Waals surface area contributed by atoms with Crippen LogP contribution in [0.25, 0.3) is 0 Å². The van der Waals surface area contributed by atoms with Gasteiger partial charge < -0.3 is 15.3 Å². The maximum Gasteiger partial charge on any atom is 0.134 e. The smallest absolute Gasteiger partial charge is 0.134 e. The Bertz CT molecular complexity index is 258. The van der Waals surface area contributed by atoms with Crippen molar-refractivity contribution < 1.29 is 15.3 Å². The van der Waals surface area contributed by atoms with Crippen molar-refractivity contribution in [3.05, 3.63) is 0 Å². The molecule has 0 saturated heterocycles. The van der Waals surface area contributed by atoms with Gasteiger partial charge in [-0.2, -0.15) is 0 Å². The SMILES string of the molecule is CCCCCCCCCCCCCCCCC(O)C[S+](CCO)CCO. The van der Waals surface area contributed by atoms with E-state index in [0.717, 1.165) is 30.1 Å². The van der Waals surface area contributed by atoms with Crippen LogP contribution in [0.4, 0.5) is 0 Å². The van der Waals surface area contributed by atoms with E-state index < -0.39 is 0 Å². The lowest BCUT2D eigenvalue weighted by atomic mass is 10.0. The first-order chi connectivity index (χ1) is 12.7. The summed E-state index contributed by atoms with van der Waals surface area (Å²) >= 11 is 0. The van der Waals surface area contributed by atoms with E-state index in [9.17, 15) is 5.11 Å². The third kappa shape index (κ3) is 19.0. The number of aliphatic hydroxyl groups excluding tert-OH is 3. The van der Waals surface area contributed by atoms with Gasteiger partial charge in [0.05, 0.1) is 19.3 Å². The molecule has 3 N–H and O–H groups in total. The number of unbranched alkanes of at least 4 members (excludes halogenated alkanes) is 13. The van der Waals surface area contributed by atoms with Crippen LogP contribution < -0.4 is 0 Å². The number of hydrogen-bond acceptors (Lipinski definition) is 3. The van der Waals surface area contributed by atoms with Crippen LogP contribution in [0.3, 0.4) is 0 Å². The Morgan fingerprint density at radius 3 is 1.38 bits per heavy atom. The van der Waals surface area contributed by atoms with E-state index in [2.05, 4.69) is 6.92 Å². The molecule has 0 spiro atoms. The first-order valence-electron chi connectivity index (χ1n) is 11.3. The fourth-order valence-electron chi connectivity index (χ4n) is 3.46. The van der Waals surface area contributed by atoms with Crippen molar-refractivity contribution >= 4 is 10.9 Å². The normalized spacial score (nSPS) is 12.8. The standard InChI is InChI=1S/C22H47O3S/c1-2-3-4-5-6-7-8-9-10-11-12-13-14-15-16-22(25)21-26(19-17-23)20-18-24/h22-25H,2-21H2,1H3/q+1. The minimum atomic E-state index is -0.256. The summed E-state index contributed by atoms with van der Waals surface area (Å²) in [5, 5.41) is 28.2. The van der Waals surface area contributed by atoms with Crippen molar-refractivity contribution in [2.75, 3.05) is 30.5 Å². The van der Waals surface area contributed by atoms with Crippen molar-refractivity contribution in [3.8, 4) is 0 Å². The lowest BCUT2D eigenvalue weighted by Crippen LogP contribution is -2.28. The Labute approximate surface area is 166 Å². The number of aliphatic hydroxyl groups is 3. The molecule has 1 unspecified atom stereocenters. The third-order valence-corrected chi connectivity index (χ3v) is 7.45. The summed E-state index contributed by atoms with van der Waals surface area (Å²) in [7, 11) is -0.0220. The maximum absolute atomic E-state index is 10.1. The first-order valence-corrected chi connectivity index (χ1v) is 13.0. The Hall–Kier alpha value is 0.230. The second-order valence-electron chi connectivity index (χ2n) is 7.67. The minimum absolute atomic E-state index is 0.0220. The van der Waals surface area contributed by atoms with Crippen LogP contribution in [-0.2, 0) is 10.9 Å². The summed E-state index contributed by atoms with van der Waals surface area (Å²) in [5.41, 5.74) is 0. The highest BCUT2D eigenvalue weighted by atomic mass is 32.2. The molecule has 0 aromatic heterocycles. The van der Waals surface area contributed by atoms with E-state index in [-0.39, 0.29) is 30.2 Å². The fraction of sp³-hybridized carbons (Fsp3) is 1.00. The van der Waals surface area contributed by atoms with Crippen molar-refractivity contribution in [2.45, 2.75) is 109 Å². The van der Waals surface area contributed by atoms with Gasteiger partial charge in [-0.15, -0.1) is 0 Å². The Morgan fingerprint density at radius 1 is 0.615 bits per heavy atom. The van der Waals surface area contributed by atoms with E-state index in [1.54, 1.807) is 0 Å². The van der Waals surface area contributed by atoms with Crippen molar-refractivity contribution in [1.29, 1.82) is 0 Å². The molecule has 0 aliphatic heterocycles. The monoisotopic (exact) mass is 391 g/mol. The van der Waals surface area contributed by atoms with E-state index in [1.165, 1.54) is 83.5 Å². The Kier molecular flexibility index (Phi) is 21.7. The molecule has 26 heavy (non-hydrogen) atoms. The molecule has 0 rings (SSSR count). The summed E-state index contributed by atoms with van der Waals surface area (Å²) in [6.45, 7) is 2.60. The molecule has 1 atom stereocenters. The Morgan fingerprint density at radius 2 is 1.00 bits per heavy atom. The van der Waals surface area contributed by atoms with Crippen LogP contribution in [0.1, 0.15) is 103 Å². The molecule has 0 radical (unpaired) electrons. The van der Waals surface area contributed by atoms with E-state index in [0.29, 0.717) is 0 Å². The molecule has 3 nitrogen and oxygen atoms in total. The summed E-state index contributed by atoms with van der Waals surface area (Å²) < 4.78 is 0. The molecule has 0 bridgehead atoms. The van der Waals surface area contributed by atoms with Gasteiger partial charge in [-0.3, -0.25) is 0 Å². The summed E-state index contributed by atoms with van der Waals surface area (Å²) in [6.07, 6.45) is 19.6. The second kappa shape index (κ2) is 21.5. The highest BCUT2D eigenvalue weighted by Gasteiger charge is 2.21. The number of hydrogen-bond donors (Lipinski definition) is 3. The van der Waals surface area contributed by atoms with Crippen molar-refractivity contribution in [1.82, 2.24) is 0 Å². The van der Waals surface area contributed by atoms with Crippen LogP contribution >= 0.6 is 0 Å². The molecule has 0 aromatic rings. The van der Waals surface area contributed by atoms with Gasteiger partial charge >= 0.3 is 0 Å². The highest BCUT2D eigenvalue weighted by molar-refractivity contribution is 7.96. The average molecular weight is 392 g/mol. The van der Waals surface area contributed by atoms with Crippen LogP contribution in [0, 0.1) is 0 Å². The lowest BCUT2D eigenvalue weighted by Gasteiger charge is -2.12. The zero-order valence-electron chi connectivity index (χ0n) is 17.5. The molecule has 0 heterocycles. The molecule has 0 amide bonds. The third-order valence-electron chi connectivity index (χ3n) is 5.08. The zero-order valence-corrected chi connectivity index (χ0v) is 18.3. The molecular formula is C22H47O3S+. The molecule has 158 valence electrons. The van der Waals surface area contributed by atoms with Gasteiger partial charge in [0, 0.05) is 0 Å². The molecule has 4 heteroatoms. The van der Waals surface area contributed by atoms with Gasteiger partial charge in [-0.05, 0) is 17.3 Å². The van der Waals surface area contributed by atoms with Crippen molar-refractivity contribution in [2.24, 2.45) is 0 Å². The Balaban J connectivity index is 3.29. The quantitative estimate of drug-likeness (QED) is 0.194. The zero-order chi connectivity index (χ0) is 19.3. The molecule has 0 fully saturated rings. The number of rotatable bonds is 21. The second-order valence-corrected chi connectivity index (χ2v) is 10.0. The lowest BCUT2D eigenvalue weighted by molar-refractivity contribution is 0.184. The van der Waals surface area contributed by atoms with E-state index in [4.69, 9.17) is 10.2 Å². The van der Waals surface area contributed by atoms with Crippen molar-refractivity contribution in [3.63, 3.8) is 0 Å². The van der Waals surface area contributed by atoms with Gasteiger partial charge in [0.1, 0.15) is 17.3 Å². The maximum atomic E-state index is 10.1. The molecular weight excluding hydrogens is 344 g/mol. The molecule has 0 aromatic carbocycles. The van der Waals surface area contributed by atoms with Crippen LogP contribution in [0.5, 0.6) is 0 Å². The predicted octanol–water partition coefficient (Wildman–Crippen LogP) is 4.82. The van der Waals surface area contributed by atoms with Crippen LogP contribution in [0.2, 0.25) is 0 Å². The fourth-order valence-corrected chi connectivity index (χ4v) is 5.22. The minimum Gasteiger partial charge on any atom is -0.391 e. The van der Waals surface area contributed by atoms with E-state index >= 15 is 0 Å². The topological polar surface area (TPSA) is 60.7 Å². The van der Waals surface area contributed by atoms with Gasteiger partial charge in [0.15, 0.2) is 0 Å². The summed E-state index contributed by atoms with van der Waals surface area (Å²) in [5.74, 6) is 2.19. The van der Waals surface area contributed by atoms with Gasteiger partial charge in [-0.1, -0.05) is 96.8 Å². The first kappa shape index (κ1) is 26.2. The summed E-state index contributed by atoms with van der Waals surface area (Å²) in [6, 6.07) is 0. The average Bonchev–Trinajstić information content (AvgIpc) is 2.62. The van der Waals surface area contributed by atoms with E-state index in [1.807, 2.05) is 0 Å². The molecule has 0 aliphatic carbocycles. The van der Waals surface area contributed by atoms with Gasteiger partial charge in [0.25, 0.3) is 0 Å². The predicted molar refractivity (Wildman–Crippen MR) is 117 cm³/mol. The molecule has 0 aliphatic rings. The van der Waals surface area contributed by atoms with Crippen LogP contribution in [0.15, 0.2) is 0 Å². The largest absolute Gasteiger partial charge is 0.391 e. The highest BCUT2D eigenvalue weighted by Crippen LogP contribution is 2.14. The van der Waals surface area contributed by atoms with Gasteiger partial charge in [-0.25, -0.2) is 0 Å². The summed E-state index contributed by atoms with van der Waals surface area (Å²) in [4.78, 5) is 0. The molecule has 0 saturated carbocycles. The van der Waals surface area contributed by atoms with Gasteiger partial charge in [0.2, 0.25) is 0 Å².